The van der Waals surface area contributed by atoms with Gasteiger partial charge in [0.05, 0.1) is 11.3 Å². The molecule has 0 saturated heterocycles. The molecule has 0 spiro atoms. The number of rotatable bonds is 3. The molecule has 0 aliphatic heterocycles. The van der Waals surface area contributed by atoms with Crippen molar-refractivity contribution in [2.45, 2.75) is 63.9 Å². The van der Waals surface area contributed by atoms with Gasteiger partial charge in [0.15, 0.2) is 11.6 Å². The van der Waals surface area contributed by atoms with Crippen molar-refractivity contribution < 1.29 is 13.9 Å². The number of carbonyl (C=O) groups is 1. The summed E-state index contributed by atoms with van der Waals surface area (Å²) >= 11 is 0. The van der Waals surface area contributed by atoms with E-state index in [9.17, 15) is 14.4 Å². The number of hydrogen-bond donors (Lipinski definition) is 0. The maximum atomic E-state index is 14.6. The first kappa shape index (κ1) is 22.8. The molecule has 182 valence electrons. The summed E-state index contributed by atoms with van der Waals surface area (Å²) in [5.41, 5.74) is 2.25. The Labute approximate surface area is 209 Å². The molecule has 7 heteroatoms. The van der Waals surface area contributed by atoms with Gasteiger partial charge in [0.1, 0.15) is 23.5 Å². The van der Waals surface area contributed by atoms with E-state index < -0.39 is 11.2 Å². The Morgan fingerprint density at radius 1 is 1.17 bits per heavy atom. The van der Waals surface area contributed by atoms with Crippen molar-refractivity contribution in [1.82, 2.24) is 15.0 Å². The fraction of sp³-hybridized carbons (Fsp3) is 0.414. The fourth-order valence-electron chi connectivity index (χ4n) is 6.46. The first-order chi connectivity index (χ1) is 17.4. The molecule has 6 nitrogen and oxygen atoms in total. The Hall–Kier alpha value is -3.66. The molecule has 3 aromatic rings. The van der Waals surface area contributed by atoms with Gasteiger partial charge in [0, 0.05) is 34.0 Å². The normalized spacial score (nSPS) is 25.7. The first-order valence-electron chi connectivity index (χ1n) is 12.7. The van der Waals surface area contributed by atoms with Crippen LogP contribution < -0.4 is 4.74 Å². The van der Waals surface area contributed by atoms with Crippen molar-refractivity contribution in [3.63, 3.8) is 0 Å². The zero-order valence-corrected chi connectivity index (χ0v) is 20.4. The maximum absolute atomic E-state index is 14.6. The minimum Gasteiger partial charge on any atom is -0.474 e. The molecule has 1 fully saturated rings. The van der Waals surface area contributed by atoms with Gasteiger partial charge in [-0.1, -0.05) is 32.1 Å². The van der Waals surface area contributed by atoms with Crippen LogP contribution in [0.15, 0.2) is 42.1 Å². The maximum Gasteiger partial charge on any atom is 0.220 e. The van der Waals surface area contributed by atoms with Crippen LogP contribution in [0.3, 0.4) is 0 Å². The summed E-state index contributed by atoms with van der Waals surface area (Å²) in [5, 5.41) is 10.3. The van der Waals surface area contributed by atoms with Gasteiger partial charge in [0.25, 0.3) is 0 Å². The summed E-state index contributed by atoms with van der Waals surface area (Å²) in [6.07, 6.45) is 9.21. The number of ether oxygens (including phenoxy) is 1. The zero-order valence-electron chi connectivity index (χ0n) is 20.4. The highest BCUT2D eigenvalue weighted by Crippen LogP contribution is 2.51. The summed E-state index contributed by atoms with van der Waals surface area (Å²) in [5.74, 6) is 0.246. The predicted octanol–water partition coefficient (Wildman–Crippen LogP) is 5.64. The summed E-state index contributed by atoms with van der Waals surface area (Å²) < 4.78 is 21.1. The van der Waals surface area contributed by atoms with E-state index in [1.165, 1.54) is 6.07 Å². The fourth-order valence-corrected chi connectivity index (χ4v) is 6.46. The Balaban J connectivity index is 1.60. The number of allylic oxidation sites excluding steroid dienone is 2. The van der Waals surface area contributed by atoms with Crippen LogP contribution in [0.5, 0.6) is 5.88 Å². The summed E-state index contributed by atoms with van der Waals surface area (Å²) in [7, 11) is 0. The molecule has 3 atom stereocenters. The second-order valence-electron chi connectivity index (χ2n) is 10.4. The molecule has 2 heterocycles. The number of pyridine rings is 1. The molecule has 3 aliphatic carbocycles. The molecule has 3 aliphatic rings. The van der Waals surface area contributed by atoms with Crippen LogP contribution in [0.2, 0.25) is 0 Å². The lowest BCUT2D eigenvalue weighted by Gasteiger charge is -2.45. The third-order valence-electron chi connectivity index (χ3n) is 8.35. The molecule has 0 bridgehead atoms. The quantitative estimate of drug-likeness (QED) is 0.480. The van der Waals surface area contributed by atoms with Crippen molar-refractivity contribution in [3.05, 3.63) is 59.2 Å². The Kier molecular flexibility index (Phi) is 5.36. The van der Waals surface area contributed by atoms with Gasteiger partial charge in [-0.3, -0.25) is 9.78 Å². The number of nitrogens with zero attached hydrogens (tertiary/aromatic N) is 4. The molecule has 0 amide bonds. The minimum absolute atomic E-state index is 0.0170. The van der Waals surface area contributed by atoms with Crippen LogP contribution in [0, 0.1) is 29.0 Å². The number of para-hydroxylation sites is 1. The van der Waals surface area contributed by atoms with Crippen LogP contribution >= 0.6 is 0 Å². The van der Waals surface area contributed by atoms with Crippen molar-refractivity contribution in [2.75, 3.05) is 0 Å². The summed E-state index contributed by atoms with van der Waals surface area (Å²) in [6.45, 7) is 3.98. The van der Waals surface area contributed by atoms with Crippen LogP contribution in [0.1, 0.15) is 57.2 Å². The highest BCUT2D eigenvalue weighted by Gasteiger charge is 2.50. The van der Waals surface area contributed by atoms with Crippen LogP contribution in [0.25, 0.3) is 22.3 Å². The Morgan fingerprint density at radius 3 is 2.75 bits per heavy atom. The van der Waals surface area contributed by atoms with Crippen molar-refractivity contribution >= 4 is 16.7 Å². The monoisotopic (exact) mass is 482 g/mol. The zero-order chi connectivity index (χ0) is 25.0. The third-order valence-corrected chi connectivity index (χ3v) is 8.35. The lowest BCUT2D eigenvalue weighted by atomic mass is 9.58. The smallest absolute Gasteiger partial charge is 0.220 e. The van der Waals surface area contributed by atoms with Gasteiger partial charge in [0.2, 0.25) is 5.88 Å². The second kappa shape index (κ2) is 8.48. The lowest BCUT2D eigenvalue weighted by Crippen LogP contribution is -2.46. The average Bonchev–Trinajstić information content (AvgIpc) is 3.39. The van der Waals surface area contributed by atoms with E-state index >= 15 is 0 Å². The van der Waals surface area contributed by atoms with Gasteiger partial charge in [-0.25, -0.2) is 9.37 Å². The number of benzene rings is 1. The van der Waals surface area contributed by atoms with E-state index in [2.05, 4.69) is 18.0 Å². The molecular weight excluding hydrogens is 455 g/mol. The van der Waals surface area contributed by atoms with Crippen LogP contribution in [0.4, 0.5) is 4.39 Å². The predicted molar refractivity (Wildman–Crippen MR) is 133 cm³/mol. The minimum atomic E-state index is -0.620. The Bertz CT molecular complexity index is 1470. The molecule has 2 aromatic heterocycles. The molecular formula is C29H27FN4O2. The molecule has 0 N–H and O–H groups in total. The van der Waals surface area contributed by atoms with Crippen molar-refractivity contribution in [3.8, 4) is 23.3 Å². The van der Waals surface area contributed by atoms with E-state index in [4.69, 9.17) is 14.7 Å². The number of hydrogen-bond acceptors (Lipinski definition) is 6. The van der Waals surface area contributed by atoms with Gasteiger partial charge < -0.3 is 4.74 Å². The number of fused-ring (bicyclic) bond motifs is 4. The number of nitriles is 1. The largest absolute Gasteiger partial charge is 0.474 e. The molecule has 36 heavy (non-hydrogen) atoms. The van der Waals surface area contributed by atoms with Gasteiger partial charge in [-0.2, -0.15) is 10.2 Å². The highest BCUT2D eigenvalue weighted by atomic mass is 19.1. The average molecular weight is 483 g/mol. The van der Waals surface area contributed by atoms with Crippen molar-refractivity contribution in [2.24, 2.45) is 11.8 Å². The van der Waals surface area contributed by atoms with E-state index in [1.54, 1.807) is 24.4 Å². The first-order valence-corrected chi connectivity index (χ1v) is 12.7. The highest BCUT2D eigenvalue weighted by molar-refractivity contribution is 6.02. The number of Topliss-reactive ketones (excluding diaryl/α,β-unsaturated/α-hetero) is 1. The molecule has 0 radical (unpaired) electrons. The van der Waals surface area contributed by atoms with Gasteiger partial charge in [-0.05, 0) is 56.6 Å². The van der Waals surface area contributed by atoms with Gasteiger partial charge >= 0.3 is 0 Å². The van der Waals surface area contributed by atoms with E-state index in [1.807, 2.05) is 13.0 Å². The Morgan fingerprint density at radius 2 is 1.97 bits per heavy atom. The summed E-state index contributed by atoms with van der Waals surface area (Å²) in [4.78, 5) is 27.1. The lowest BCUT2D eigenvalue weighted by molar-refractivity contribution is -0.121. The summed E-state index contributed by atoms with van der Waals surface area (Å²) in [6, 6.07) is 8.78. The van der Waals surface area contributed by atoms with Crippen LogP contribution in [-0.4, -0.2) is 26.8 Å². The second-order valence-corrected chi connectivity index (χ2v) is 10.4. The number of aromatic nitrogens is 3. The van der Waals surface area contributed by atoms with Crippen molar-refractivity contribution in [1.29, 1.82) is 5.26 Å². The molecule has 0 unspecified atom stereocenters. The molecule has 1 saturated carbocycles. The van der Waals surface area contributed by atoms with E-state index in [-0.39, 0.29) is 34.8 Å². The van der Waals surface area contributed by atoms with E-state index in [0.29, 0.717) is 29.1 Å². The van der Waals surface area contributed by atoms with Gasteiger partial charge in [-0.15, -0.1) is 0 Å². The third kappa shape index (κ3) is 3.42. The topological polar surface area (TPSA) is 88.8 Å². The molecule has 1 aromatic carbocycles. The number of halogens is 1. The number of carbonyl (C=O) groups excluding carboxylic acids is 1. The van der Waals surface area contributed by atoms with Crippen LogP contribution in [-0.2, 0) is 16.6 Å². The number of ketones is 1. The van der Waals surface area contributed by atoms with E-state index in [0.717, 1.165) is 43.4 Å². The molecule has 6 rings (SSSR count). The SMILES string of the molecule is C[C@H]1C(=O)C(C#N)=C[C@@]2(C)c3nc(-c4ccnc5c(F)cccc45)nc(OC4CCCC4)c3CC[C@H]12. The standard InChI is InChI=1S/C29H27FN4O2/c1-16-22-11-10-21-26(29(22,2)14-17(15-31)25(16)35)33-27(34-28(21)36-18-6-3-4-7-18)20-12-13-32-24-19(20)8-5-9-23(24)30/h5,8-9,12-14,16,18,22H,3-4,6-7,10-11H2,1-2H3/t16-,22-,29-/m1/s1.